The first-order valence-corrected chi connectivity index (χ1v) is 8.15. The van der Waals surface area contributed by atoms with E-state index in [-0.39, 0.29) is 17.8 Å². The van der Waals surface area contributed by atoms with Gasteiger partial charge in [-0.3, -0.25) is 4.98 Å². The molecule has 2 aromatic rings. The van der Waals surface area contributed by atoms with Gasteiger partial charge in [-0.25, -0.2) is 9.97 Å². The Hall–Kier alpha value is -2.38. The summed E-state index contributed by atoms with van der Waals surface area (Å²) in [4.78, 5) is 13.9. The van der Waals surface area contributed by atoms with Gasteiger partial charge in [0.05, 0.1) is 6.20 Å². The molecule has 5 nitrogen and oxygen atoms in total. The minimum Gasteiger partial charge on any atom is -0.488 e. The monoisotopic (exact) mass is 352 g/mol. The van der Waals surface area contributed by atoms with Crippen molar-refractivity contribution in [1.82, 2.24) is 15.0 Å². The zero-order valence-electron chi connectivity index (χ0n) is 13.8. The van der Waals surface area contributed by atoms with Gasteiger partial charge in [-0.15, -0.1) is 0 Å². The van der Waals surface area contributed by atoms with Crippen molar-refractivity contribution in [3.63, 3.8) is 0 Å². The summed E-state index contributed by atoms with van der Waals surface area (Å²) in [5.41, 5.74) is -0.983. The van der Waals surface area contributed by atoms with E-state index in [2.05, 4.69) is 19.9 Å². The van der Waals surface area contributed by atoms with E-state index in [0.717, 1.165) is 31.4 Å². The smallest absolute Gasteiger partial charge is 0.437 e. The number of hydrogen-bond donors (Lipinski definition) is 0. The summed E-state index contributed by atoms with van der Waals surface area (Å²) < 4.78 is 44.8. The number of anilines is 1. The highest BCUT2D eigenvalue weighted by atomic mass is 19.4. The lowest BCUT2D eigenvalue weighted by atomic mass is 9.93. The van der Waals surface area contributed by atoms with E-state index in [1.165, 1.54) is 12.1 Å². The van der Waals surface area contributed by atoms with Gasteiger partial charge < -0.3 is 9.64 Å². The van der Waals surface area contributed by atoms with Gasteiger partial charge in [0.2, 0.25) is 0 Å². The molecule has 134 valence electrons. The predicted molar refractivity (Wildman–Crippen MR) is 86.3 cm³/mol. The number of pyridine rings is 1. The molecule has 0 radical (unpaired) electrons. The molecule has 1 aliphatic heterocycles. The van der Waals surface area contributed by atoms with E-state index in [1.807, 2.05) is 0 Å². The molecular weight excluding hydrogens is 333 g/mol. The van der Waals surface area contributed by atoms with Crippen LogP contribution < -0.4 is 9.64 Å². The lowest BCUT2D eigenvalue weighted by Crippen LogP contribution is -2.41. The molecule has 1 aliphatic rings. The maximum atomic E-state index is 13.1. The lowest BCUT2D eigenvalue weighted by Gasteiger charge is -2.36. The van der Waals surface area contributed by atoms with Gasteiger partial charge in [0.15, 0.2) is 11.4 Å². The molecule has 3 rings (SSSR count). The van der Waals surface area contributed by atoms with E-state index < -0.39 is 11.9 Å². The van der Waals surface area contributed by atoms with Crippen LogP contribution in [0.1, 0.15) is 25.5 Å². The first-order valence-electron chi connectivity index (χ1n) is 8.15. The Morgan fingerprint density at radius 3 is 2.80 bits per heavy atom. The number of halogens is 3. The topological polar surface area (TPSA) is 51.1 Å². The molecule has 0 saturated carbocycles. The molecule has 0 aliphatic carbocycles. The summed E-state index contributed by atoms with van der Waals surface area (Å²) in [5, 5.41) is 0. The van der Waals surface area contributed by atoms with E-state index in [4.69, 9.17) is 4.74 Å². The normalized spacial score (nSPS) is 19.5. The molecule has 8 heteroatoms. The highest BCUT2D eigenvalue weighted by Crippen LogP contribution is 2.35. The van der Waals surface area contributed by atoms with Crippen LogP contribution in [0.4, 0.5) is 19.0 Å². The molecule has 0 bridgehead atoms. The molecular formula is C17H19F3N4O. The summed E-state index contributed by atoms with van der Waals surface area (Å²) in [6, 6.07) is 2.76. The van der Waals surface area contributed by atoms with Crippen molar-refractivity contribution in [3.05, 3.63) is 42.6 Å². The van der Waals surface area contributed by atoms with Gasteiger partial charge in [-0.2, -0.15) is 13.2 Å². The van der Waals surface area contributed by atoms with Crippen molar-refractivity contribution in [3.8, 4) is 5.75 Å². The molecule has 1 saturated heterocycles. The zero-order valence-corrected chi connectivity index (χ0v) is 13.8. The number of alkyl halides is 3. The summed E-state index contributed by atoms with van der Waals surface area (Å²) >= 11 is 0. The molecule has 0 aromatic carbocycles. The number of aromatic nitrogens is 3. The maximum absolute atomic E-state index is 13.1. The number of ether oxygens (including phenoxy) is 1. The third-order valence-corrected chi connectivity index (χ3v) is 4.35. The second kappa shape index (κ2) is 7.25. The second-order valence-corrected chi connectivity index (χ2v) is 6.08. The fourth-order valence-electron chi connectivity index (χ4n) is 3.05. The van der Waals surface area contributed by atoms with Crippen LogP contribution in [0, 0.1) is 5.92 Å². The number of piperidine rings is 1. The van der Waals surface area contributed by atoms with Crippen molar-refractivity contribution in [2.24, 2.45) is 5.92 Å². The first kappa shape index (κ1) is 17.4. The van der Waals surface area contributed by atoms with E-state index in [9.17, 15) is 13.2 Å². The third-order valence-electron chi connectivity index (χ3n) is 4.35. The molecule has 0 amide bonds. The quantitative estimate of drug-likeness (QED) is 0.842. The van der Waals surface area contributed by atoms with Crippen LogP contribution in [0.5, 0.6) is 5.75 Å². The summed E-state index contributed by atoms with van der Waals surface area (Å²) in [5.74, 6) is 0.646. The highest BCUT2D eigenvalue weighted by molar-refractivity contribution is 5.36. The lowest BCUT2D eigenvalue weighted by molar-refractivity contribution is -0.143. The molecule has 0 spiro atoms. The minimum absolute atomic E-state index is 0.0945. The van der Waals surface area contributed by atoms with Gasteiger partial charge in [0.25, 0.3) is 0 Å². The summed E-state index contributed by atoms with van der Waals surface area (Å²) in [6.45, 7) is 3.32. The molecule has 2 aromatic heterocycles. The zero-order chi connectivity index (χ0) is 17.9. The standard InChI is InChI=1S/C17H19F3N4O/c1-12(25-14-5-2-6-23-16(14)17(18,19)20)13-4-3-9-24(11-13)15-10-21-7-8-22-15/h2,5-8,10,12-13H,3-4,9,11H2,1H3. The van der Waals surface area contributed by atoms with Crippen LogP contribution in [0.2, 0.25) is 0 Å². The van der Waals surface area contributed by atoms with Crippen molar-refractivity contribution >= 4 is 5.82 Å². The third kappa shape index (κ3) is 4.18. The fourth-order valence-corrected chi connectivity index (χ4v) is 3.05. The largest absolute Gasteiger partial charge is 0.488 e. The summed E-state index contributed by atoms with van der Waals surface area (Å²) in [7, 11) is 0. The molecule has 1 fully saturated rings. The number of hydrogen-bond acceptors (Lipinski definition) is 5. The van der Waals surface area contributed by atoms with Gasteiger partial charge in [0, 0.05) is 37.6 Å². The Kier molecular flexibility index (Phi) is 5.06. The van der Waals surface area contributed by atoms with Gasteiger partial charge >= 0.3 is 6.18 Å². The average Bonchev–Trinajstić information content (AvgIpc) is 2.62. The molecule has 0 N–H and O–H groups in total. The highest BCUT2D eigenvalue weighted by Gasteiger charge is 2.37. The number of rotatable bonds is 4. The van der Waals surface area contributed by atoms with Gasteiger partial charge in [-0.1, -0.05) is 0 Å². The minimum atomic E-state index is -4.53. The molecule has 2 atom stereocenters. The Morgan fingerprint density at radius 1 is 1.24 bits per heavy atom. The van der Waals surface area contributed by atoms with E-state index in [1.54, 1.807) is 25.5 Å². The van der Waals surface area contributed by atoms with Crippen molar-refractivity contribution in [2.75, 3.05) is 18.0 Å². The Bertz CT molecular complexity index is 696. The van der Waals surface area contributed by atoms with Crippen LogP contribution in [0.15, 0.2) is 36.9 Å². The van der Waals surface area contributed by atoms with Crippen molar-refractivity contribution in [1.29, 1.82) is 0 Å². The van der Waals surface area contributed by atoms with Gasteiger partial charge in [0.1, 0.15) is 11.9 Å². The van der Waals surface area contributed by atoms with Gasteiger partial charge in [-0.05, 0) is 31.9 Å². The number of nitrogens with zero attached hydrogens (tertiary/aromatic N) is 4. The Balaban J connectivity index is 1.70. The fraction of sp³-hybridized carbons (Fsp3) is 0.471. The van der Waals surface area contributed by atoms with Crippen LogP contribution >= 0.6 is 0 Å². The van der Waals surface area contributed by atoms with E-state index in [0.29, 0.717) is 6.54 Å². The van der Waals surface area contributed by atoms with E-state index >= 15 is 0 Å². The van der Waals surface area contributed by atoms with Crippen molar-refractivity contribution < 1.29 is 17.9 Å². The molecule has 25 heavy (non-hydrogen) atoms. The Labute approximate surface area is 143 Å². The molecule has 3 heterocycles. The van der Waals surface area contributed by atoms with Crippen LogP contribution in [-0.4, -0.2) is 34.1 Å². The summed E-state index contributed by atoms with van der Waals surface area (Å²) in [6.07, 6.45) is 2.96. The second-order valence-electron chi connectivity index (χ2n) is 6.08. The predicted octanol–water partition coefficient (Wildman–Crippen LogP) is 3.57. The SMILES string of the molecule is CC(Oc1cccnc1C(F)(F)F)C1CCCN(c2cnccn2)C1. The Morgan fingerprint density at radius 2 is 2.08 bits per heavy atom. The van der Waals surface area contributed by atoms with Crippen LogP contribution in [0.25, 0.3) is 0 Å². The van der Waals surface area contributed by atoms with Crippen LogP contribution in [-0.2, 0) is 6.18 Å². The molecule has 2 unspecified atom stereocenters. The van der Waals surface area contributed by atoms with Crippen molar-refractivity contribution in [2.45, 2.75) is 32.0 Å². The average molecular weight is 352 g/mol. The maximum Gasteiger partial charge on any atom is 0.437 e. The van der Waals surface area contributed by atoms with Crippen LogP contribution in [0.3, 0.4) is 0 Å². The first-order chi connectivity index (χ1) is 11.9.